The second-order valence-corrected chi connectivity index (χ2v) is 9.27. The highest BCUT2D eigenvalue weighted by Crippen LogP contribution is 2.19. The number of likely N-dealkylation sites (tertiary alicyclic amines) is 1. The molecule has 2 saturated heterocycles. The number of aliphatic imine (C=N–C) groups is 1. The summed E-state index contributed by atoms with van der Waals surface area (Å²) in [4.78, 5) is 11.9. The smallest absolute Gasteiger partial charge is 0.193 e. The average molecular weight is 578 g/mol. The summed E-state index contributed by atoms with van der Waals surface area (Å²) in [6, 6.07) is 19.2. The number of hydrogen-bond acceptors (Lipinski definition) is 4. The Balaban J connectivity index is 0.00000324. The fourth-order valence-electron chi connectivity index (χ4n) is 4.67. The van der Waals surface area contributed by atoms with Crippen LogP contribution in [0.1, 0.15) is 30.4 Å². The molecule has 0 bridgehead atoms. The van der Waals surface area contributed by atoms with E-state index >= 15 is 0 Å². The minimum absolute atomic E-state index is 0. The molecule has 2 aliphatic heterocycles. The summed E-state index contributed by atoms with van der Waals surface area (Å²) >= 11 is 0. The highest BCUT2D eigenvalue weighted by atomic mass is 127. The van der Waals surface area contributed by atoms with Gasteiger partial charge >= 0.3 is 0 Å². The van der Waals surface area contributed by atoms with Crippen molar-refractivity contribution < 1.29 is 4.74 Å². The van der Waals surface area contributed by atoms with E-state index < -0.39 is 0 Å². The maximum Gasteiger partial charge on any atom is 0.193 e. The molecule has 2 heterocycles. The summed E-state index contributed by atoms with van der Waals surface area (Å²) in [5.41, 5.74) is 2.69. The maximum absolute atomic E-state index is 6.13. The molecule has 0 atom stereocenters. The van der Waals surface area contributed by atoms with Gasteiger partial charge in [0.05, 0.1) is 0 Å². The summed E-state index contributed by atoms with van der Waals surface area (Å²) in [6.45, 7) is 8.48. The minimum Gasteiger partial charge on any atom is -0.490 e. The van der Waals surface area contributed by atoms with Gasteiger partial charge in [-0.2, -0.15) is 0 Å². The Morgan fingerprint density at radius 3 is 2.32 bits per heavy atom. The Morgan fingerprint density at radius 2 is 1.62 bits per heavy atom. The largest absolute Gasteiger partial charge is 0.490 e. The third-order valence-electron chi connectivity index (χ3n) is 6.69. The van der Waals surface area contributed by atoms with E-state index in [1.165, 1.54) is 30.6 Å². The molecule has 0 radical (unpaired) electrons. The van der Waals surface area contributed by atoms with E-state index in [0.717, 1.165) is 63.8 Å². The van der Waals surface area contributed by atoms with Gasteiger partial charge in [0.2, 0.25) is 0 Å². The van der Waals surface area contributed by atoms with Crippen LogP contribution >= 0.6 is 24.0 Å². The fraction of sp³-hybridized carbons (Fsp3) is 0.519. The predicted octanol–water partition coefficient (Wildman–Crippen LogP) is 4.06. The van der Waals surface area contributed by atoms with Crippen LogP contribution in [-0.4, -0.2) is 80.1 Å². The van der Waals surface area contributed by atoms with Gasteiger partial charge in [-0.15, -0.1) is 24.0 Å². The lowest BCUT2D eigenvalue weighted by molar-refractivity contribution is 0.129. The van der Waals surface area contributed by atoms with Crippen molar-refractivity contribution in [2.45, 2.75) is 38.5 Å². The number of nitrogens with zero attached hydrogens (tertiary/aromatic N) is 4. The molecule has 1 N–H and O–H groups in total. The predicted molar refractivity (Wildman–Crippen MR) is 151 cm³/mol. The number of piperidine rings is 1. The van der Waals surface area contributed by atoms with Gasteiger partial charge in [0.15, 0.2) is 5.96 Å². The zero-order chi connectivity index (χ0) is 22.9. The van der Waals surface area contributed by atoms with E-state index in [4.69, 9.17) is 4.74 Å². The van der Waals surface area contributed by atoms with Gasteiger partial charge < -0.3 is 19.9 Å². The molecule has 7 heteroatoms. The number of ether oxygens (including phenoxy) is 1. The first-order valence-electron chi connectivity index (χ1n) is 12.4. The van der Waals surface area contributed by atoms with Gasteiger partial charge in [-0.05, 0) is 49.8 Å². The number of para-hydroxylation sites is 1. The topological polar surface area (TPSA) is 43.3 Å². The van der Waals surface area contributed by atoms with Crippen molar-refractivity contribution in [1.29, 1.82) is 0 Å². The summed E-state index contributed by atoms with van der Waals surface area (Å²) < 4.78 is 6.13. The molecule has 2 fully saturated rings. The van der Waals surface area contributed by atoms with Gasteiger partial charge in [0.25, 0.3) is 0 Å². The molecule has 4 rings (SSSR count). The number of benzene rings is 2. The first-order chi connectivity index (χ1) is 16.2. The van der Waals surface area contributed by atoms with Crippen LogP contribution in [0.15, 0.2) is 59.6 Å². The SMILES string of the molecule is CN=C(NCc1ccc(CN2CCCN(C)CC2)cc1)N1CCC(Oc2ccccc2)CC1.I. The molecule has 2 aromatic carbocycles. The van der Waals surface area contributed by atoms with E-state index in [1.54, 1.807) is 0 Å². The monoisotopic (exact) mass is 577 g/mol. The van der Waals surface area contributed by atoms with Crippen molar-refractivity contribution >= 4 is 29.9 Å². The van der Waals surface area contributed by atoms with Gasteiger partial charge in [-0.3, -0.25) is 9.89 Å². The Kier molecular flexibility index (Phi) is 10.9. The molecule has 0 aromatic heterocycles. The van der Waals surface area contributed by atoms with Crippen LogP contribution in [0, 0.1) is 0 Å². The Labute approximate surface area is 222 Å². The lowest BCUT2D eigenvalue weighted by Gasteiger charge is -2.34. The second-order valence-electron chi connectivity index (χ2n) is 9.27. The first-order valence-corrected chi connectivity index (χ1v) is 12.4. The Hall–Kier alpha value is -1.84. The molecule has 0 amide bonds. The van der Waals surface area contributed by atoms with E-state index in [1.807, 2.05) is 37.4 Å². The van der Waals surface area contributed by atoms with Crippen LogP contribution in [-0.2, 0) is 13.1 Å². The van der Waals surface area contributed by atoms with Crippen molar-refractivity contribution in [3.63, 3.8) is 0 Å². The number of likely N-dealkylation sites (N-methyl/N-ethyl adjacent to an activating group) is 1. The number of halogens is 1. The standard InChI is InChI=1S/C27H39N5O.HI/c1-28-27(32-17-13-26(14-18-32)33-25-7-4-3-5-8-25)29-21-23-9-11-24(12-10-23)22-31-16-6-15-30(2)19-20-31;/h3-5,7-12,26H,6,13-22H2,1-2H3,(H,28,29);1H. The highest BCUT2D eigenvalue weighted by molar-refractivity contribution is 14.0. The fourth-order valence-corrected chi connectivity index (χ4v) is 4.67. The van der Waals surface area contributed by atoms with Gasteiger partial charge in [-0.1, -0.05) is 42.5 Å². The number of nitrogens with one attached hydrogen (secondary N) is 1. The molecule has 2 aliphatic rings. The molecule has 186 valence electrons. The molecule has 0 unspecified atom stereocenters. The number of guanidine groups is 1. The Bertz CT molecular complexity index is 868. The number of hydrogen-bond donors (Lipinski definition) is 1. The zero-order valence-corrected chi connectivity index (χ0v) is 23.0. The summed E-state index contributed by atoms with van der Waals surface area (Å²) in [5.74, 6) is 1.94. The van der Waals surface area contributed by atoms with Gasteiger partial charge in [0.1, 0.15) is 11.9 Å². The van der Waals surface area contributed by atoms with Crippen LogP contribution in [0.5, 0.6) is 5.75 Å². The van der Waals surface area contributed by atoms with Crippen LogP contribution < -0.4 is 10.1 Å². The summed E-state index contributed by atoms with van der Waals surface area (Å²) in [7, 11) is 4.09. The van der Waals surface area contributed by atoms with E-state index in [0.29, 0.717) is 0 Å². The van der Waals surface area contributed by atoms with Crippen molar-refractivity contribution in [2.75, 3.05) is 53.4 Å². The molecule has 2 aromatic rings. The van der Waals surface area contributed by atoms with E-state index in [-0.39, 0.29) is 30.1 Å². The van der Waals surface area contributed by atoms with Gasteiger partial charge in [-0.25, -0.2) is 0 Å². The van der Waals surface area contributed by atoms with Crippen LogP contribution in [0.4, 0.5) is 0 Å². The lowest BCUT2D eigenvalue weighted by atomic mass is 10.1. The zero-order valence-electron chi connectivity index (χ0n) is 20.7. The van der Waals surface area contributed by atoms with Crippen LogP contribution in [0.2, 0.25) is 0 Å². The van der Waals surface area contributed by atoms with Crippen molar-refractivity contribution in [2.24, 2.45) is 4.99 Å². The molecule has 0 aliphatic carbocycles. The van der Waals surface area contributed by atoms with Gasteiger partial charge in [0, 0.05) is 59.2 Å². The molecule has 34 heavy (non-hydrogen) atoms. The van der Waals surface area contributed by atoms with E-state index in [2.05, 4.69) is 56.3 Å². The molecule has 0 spiro atoms. The lowest BCUT2D eigenvalue weighted by Crippen LogP contribution is -2.47. The molecule has 6 nitrogen and oxygen atoms in total. The van der Waals surface area contributed by atoms with Crippen LogP contribution in [0.3, 0.4) is 0 Å². The molecular weight excluding hydrogens is 537 g/mol. The van der Waals surface area contributed by atoms with Crippen molar-refractivity contribution in [1.82, 2.24) is 20.0 Å². The highest BCUT2D eigenvalue weighted by Gasteiger charge is 2.22. The minimum atomic E-state index is 0. The average Bonchev–Trinajstić information content (AvgIpc) is 3.06. The Morgan fingerprint density at radius 1 is 0.912 bits per heavy atom. The van der Waals surface area contributed by atoms with Crippen LogP contribution in [0.25, 0.3) is 0 Å². The number of rotatable bonds is 6. The second kappa shape index (κ2) is 13.9. The maximum atomic E-state index is 6.13. The van der Waals surface area contributed by atoms with E-state index in [9.17, 15) is 0 Å². The summed E-state index contributed by atoms with van der Waals surface area (Å²) in [6.07, 6.45) is 3.55. The van der Waals surface area contributed by atoms with Crippen molar-refractivity contribution in [3.05, 3.63) is 65.7 Å². The summed E-state index contributed by atoms with van der Waals surface area (Å²) in [5, 5.41) is 3.55. The normalized spacial score (nSPS) is 18.8. The quantitative estimate of drug-likeness (QED) is 0.319. The molecular formula is C27H40IN5O. The molecule has 0 saturated carbocycles. The first kappa shape index (κ1) is 26.8. The third kappa shape index (κ3) is 8.13. The third-order valence-corrected chi connectivity index (χ3v) is 6.69. The van der Waals surface area contributed by atoms with Crippen molar-refractivity contribution in [3.8, 4) is 5.75 Å².